The Morgan fingerprint density at radius 1 is 1.22 bits per heavy atom. The molecule has 0 aromatic heterocycles. The number of amides is 2. The lowest BCUT2D eigenvalue weighted by molar-refractivity contribution is -0.130. The van der Waals surface area contributed by atoms with Gasteiger partial charge >= 0.3 is 0 Å². The zero-order chi connectivity index (χ0) is 19.1. The zero-order valence-electron chi connectivity index (χ0n) is 15.3. The molecule has 1 saturated heterocycles. The van der Waals surface area contributed by atoms with E-state index < -0.39 is 0 Å². The second-order valence-corrected chi connectivity index (χ2v) is 7.10. The van der Waals surface area contributed by atoms with Crippen LogP contribution in [-0.4, -0.2) is 49.6 Å². The number of hydrogen-bond acceptors (Lipinski definition) is 4. The molecule has 0 bridgehead atoms. The summed E-state index contributed by atoms with van der Waals surface area (Å²) in [5, 5.41) is 3.31. The normalized spacial score (nSPS) is 17.1. The van der Waals surface area contributed by atoms with E-state index in [2.05, 4.69) is 5.32 Å². The third-order valence-electron chi connectivity index (χ3n) is 4.62. The molecule has 0 spiro atoms. The Bertz CT molecular complexity index is 720. The molecule has 2 aliphatic heterocycles. The summed E-state index contributed by atoms with van der Waals surface area (Å²) >= 11 is 6.19. The van der Waals surface area contributed by atoms with Gasteiger partial charge in [-0.1, -0.05) is 18.0 Å². The Hall–Kier alpha value is -2.21. The first-order chi connectivity index (χ1) is 13.1. The van der Waals surface area contributed by atoms with Crippen LogP contribution in [0.3, 0.4) is 0 Å². The van der Waals surface area contributed by atoms with Crippen LogP contribution in [0.25, 0.3) is 6.08 Å². The Labute approximate surface area is 164 Å². The van der Waals surface area contributed by atoms with E-state index in [1.165, 1.54) is 6.08 Å². The highest BCUT2D eigenvalue weighted by atomic mass is 35.5. The first kappa shape index (κ1) is 19.5. The number of hydrogen-bond donors (Lipinski definition) is 1. The van der Waals surface area contributed by atoms with Crippen molar-refractivity contribution in [2.24, 2.45) is 0 Å². The molecule has 7 heteroatoms. The van der Waals surface area contributed by atoms with Crippen molar-refractivity contribution in [3.05, 3.63) is 28.8 Å². The molecular formula is C20H25ClN2O4. The maximum atomic E-state index is 12.0. The molecule has 2 heterocycles. The lowest BCUT2D eigenvalue weighted by Crippen LogP contribution is -2.33. The standard InChI is InChI=1S/C20H25ClN2O4/c21-16-13-15(14-17-20(16)27-12-11-26-17)6-7-18(24)22-8-4-10-23-9-3-1-2-5-19(23)25/h6-7,13-14H,1-5,8-12H2,(H,22,24)/b7-6+. The molecule has 0 saturated carbocycles. The number of ether oxygens (including phenoxy) is 2. The summed E-state index contributed by atoms with van der Waals surface area (Å²) in [7, 11) is 0. The van der Waals surface area contributed by atoms with Crippen molar-refractivity contribution >= 4 is 29.5 Å². The van der Waals surface area contributed by atoms with Gasteiger partial charge in [-0.05, 0) is 43.0 Å². The number of nitrogens with one attached hydrogen (secondary N) is 1. The van der Waals surface area contributed by atoms with E-state index in [0.717, 1.165) is 37.8 Å². The molecule has 1 N–H and O–H groups in total. The highest BCUT2D eigenvalue weighted by Gasteiger charge is 2.17. The van der Waals surface area contributed by atoms with Gasteiger partial charge in [0, 0.05) is 32.1 Å². The monoisotopic (exact) mass is 392 g/mol. The average molecular weight is 393 g/mol. The number of benzene rings is 1. The first-order valence-electron chi connectivity index (χ1n) is 9.46. The van der Waals surface area contributed by atoms with Crippen LogP contribution in [0.1, 0.15) is 37.7 Å². The van der Waals surface area contributed by atoms with Gasteiger partial charge in [0.15, 0.2) is 11.5 Å². The van der Waals surface area contributed by atoms with Crippen LogP contribution in [0.4, 0.5) is 0 Å². The molecule has 1 aromatic rings. The van der Waals surface area contributed by atoms with E-state index in [9.17, 15) is 9.59 Å². The van der Waals surface area contributed by atoms with Crippen LogP contribution in [0.2, 0.25) is 5.02 Å². The Kier molecular flexibility index (Phi) is 6.98. The smallest absolute Gasteiger partial charge is 0.244 e. The lowest BCUT2D eigenvalue weighted by atomic mass is 10.1. The Morgan fingerprint density at radius 3 is 2.96 bits per heavy atom. The Balaban J connectivity index is 1.44. The maximum Gasteiger partial charge on any atom is 0.244 e. The third kappa shape index (κ3) is 5.63. The van der Waals surface area contributed by atoms with Crippen molar-refractivity contribution in [2.45, 2.75) is 32.1 Å². The van der Waals surface area contributed by atoms with Gasteiger partial charge in [-0.15, -0.1) is 0 Å². The highest BCUT2D eigenvalue weighted by molar-refractivity contribution is 6.32. The minimum atomic E-state index is -0.178. The molecule has 1 aromatic carbocycles. The quantitative estimate of drug-likeness (QED) is 0.596. The third-order valence-corrected chi connectivity index (χ3v) is 4.90. The largest absolute Gasteiger partial charge is 0.486 e. The van der Waals surface area contributed by atoms with E-state index in [-0.39, 0.29) is 11.8 Å². The molecule has 2 amide bonds. The van der Waals surface area contributed by atoms with Crippen molar-refractivity contribution in [1.29, 1.82) is 0 Å². The van der Waals surface area contributed by atoms with Gasteiger partial charge in [-0.25, -0.2) is 0 Å². The number of carbonyl (C=O) groups is 2. The number of carbonyl (C=O) groups excluding carboxylic acids is 2. The summed E-state index contributed by atoms with van der Waals surface area (Å²) in [6, 6.07) is 3.54. The number of halogens is 1. The van der Waals surface area contributed by atoms with E-state index in [4.69, 9.17) is 21.1 Å². The van der Waals surface area contributed by atoms with Crippen LogP contribution < -0.4 is 14.8 Å². The molecule has 27 heavy (non-hydrogen) atoms. The summed E-state index contributed by atoms with van der Waals surface area (Å²) in [5.41, 5.74) is 0.773. The van der Waals surface area contributed by atoms with Gasteiger partial charge in [0.1, 0.15) is 13.2 Å². The van der Waals surface area contributed by atoms with Crippen LogP contribution >= 0.6 is 11.6 Å². The predicted octanol–water partition coefficient (Wildman–Crippen LogP) is 3.03. The Morgan fingerprint density at radius 2 is 2.07 bits per heavy atom. The van der Waals surface area contributed by atoms with Crippen molar-refractivity contribution in [3.8, 4) is 11.5 Å². The molecular weight excluding hydrogens is 368 g/mol. The summed E-state index contributed by atoms with van der Waals surface area (Å²) in [4.78, 5) is 25.8. The van der Waals surface area contributed by atoms with Crippen molar-refractivity contribution < 1.29 is 19.1 Å². The molecule has 146 valence electrons. The van der Waals surface area contributed by atoms with Gasteiger partial charge in [0.25, 0.3) is 0 Å². The molecule has 0 atom stereocenters. The number of fused-ring (bicyclic) bond motifs is 1. The SMILES string of the molecule is O=C(/C=C/c1cc(Cl)c2c(c1)OCCO2)NCCCN1CCCCCC1=O. The van der Waals surface area contributed by atoms with E-state index >= 15 is 0 Å². The topological polar surface area (TPSA) is 67.9 Å². The summed E-state index contributed by atoms with van der Waals surface area (Å²) in [6.45, 7) is 3.02. The van der Waals surface area contributed by atoms with Gasteiger partial charge in [0.05, 0.1) is 5.02 Å². The van der Waals surface area contributed by atoms with Crippen molar-refractivity contribution in [2.75, 3.05) is 32.8 Å². The first-order valence-corrected chi connectivity index (χ1v) is 9.84. The van der Waals surface area contributed by atoms with Crippen molar-refractivity contribution in [3.63, 3.8) is 0 Å². The fraction of sp³-hybridized carbons (Fsp3) is 0.500. The fourth-order valence-electron chi connectivity index (χ4n) is 3.21. The second-order valence-electron chi connectivity index (χ2n) is 6.70. The van der Waals surface area contributed by atoms with Gasteiger partial charge in [-0.3, -0.25) is 9.59 Å². The van der Waals surface area contributed by atoms with Crippen LogP contribution in [-0.2, 0) is 9.59 Å². The maximum absolute atomic E-state index is 12.0. The summed E-state index contributed by atoms with van der Waals surface area (Å²) in [6.07, 6.45) is 7.73. The van der Waals surface area contributed by atoms with E-state index in [0.29, 0.717) is 49.2 Å². The van der Waals surface area contributed by atoms with Crippen molar-refractivity contribution in [1.82, 2.24) is 10.2 Å². The molecule has 0 radical (unpaired) electrons. The molecule has 3 rings (SSSR count). The molecule has 2 aliphatic rings. The minimum absolute atomic E-state index is 0.178. The minimum Gasteiger partial charge on any atom is -0.486 e. The lowest BCUT2D eigenvalue weighted by Gasteiger charge is -2.20. The van der Waals surface area contributed by atoms with E-state index in [1.807, 2.05) is 4.90 Å². The molecule has 0 unspecified atom stereocenters. The summed E-state index contributed by atoms with van der Waals surface area (Å²) in [5.74, 6) is 1.20. The van der Waals surface area contributed by atoms with Crippen LogP contribution in [0, 0.1) is 0 Å². The molecule has 1 fully saturated rings. The highest BCUT2D eigenvalue weighted by Crippen LogP contribution is 2.38. The number of nitrogens with zero attached hydrogens (tertiary/aromatic N) is 1. The molecule has 6 nitrogen and oxygen atoms in total. The average Bonchev–Trinajstić information content (AvgIpc) is 2.88. The van der Waals surface area contributed by atoms with Gasteiger partial charge in [0.2, 0.25) is 11.8 Å². The van der Waals surface area contributed by atoms with Gasteiger partial charge < -0.3 is 19.7 Å². The molecule has 0 aliphatic carbocycles. The summed E-state index contributed by atoms with van der Waals surface area (Å²) < 4.78 is 11.0. The second kappa shape index (κ2) is 9.65. The number of likely N-dealkylation sites (tertiary alicyclic amines) is 1. The van der Waals surface area contributed by atoms with E-state index in [1.54, 1.807) is 18.2 Å². The predicted molar refractivity (Wildman–Crippen MR) is 104 cm³/mol. The number of rotatable bonds is 6. The van der Waals surface area contributed by atoms with Crippen LogP contribution in [0.15, 0.2) is 18.2 Å². The van der Waals surface area contributed by atoms with Crippen LogP contribution in [0.5, 0.6) is 11.5 Å². The van der Waals surface area contributed by atoms with Gasteiger partial charge in [-0.2, -0.15) is 0 Å². The fourth-order valence-corrected chi connectivity index (χ4v) is 3.49. The zero-order valence-corrected chi connectivity index (χ0v) is 16.1.